The summed E-state index contributed by atoms with van der Waals surface area (Å²) in [5, 5.41) is 5.02. The number of carbonyl (C=O) groups excluding carboxylic acids is 1. The fourth-order valence-electron chi connectivity index (χ4n) is 3.37. The van der Waals surface area contributed by atoms with Crippen LogP contribution in [0.2, 0.25) is 5.02 Å². The molecule has 1 aromatic carbocycles. The Morgan fingerprint density at radius 3 is 2.87 bits per heavy atom. The maximum Gasteiger partial charge on any atom is 0.280 e. The van der Waals surface area contributed by atoms with Crippen LogP contribution in [0.5, 0.6) is 0 Å². The molecule has 1 unspecified atom stereocenters. The minimum Gasteiger partial charge on any atom is -0.327 e. The lowest BCUT2D eigenvalue weighted by molar-refractivity contribution is 0.0939. The number of fused-ring (bicyclic) bond motifs is 1. The minimum atomic E-state index is -0.120. The van der Waals surface area contributed by atoms with Crippen molar-refractivity contribution in [2.75, 3.05) is 0 Å². The average Bonchev–Trinajstić information content (AvgIpc) is 3.31. The van der Waals surface area contributed by atoms with Crippen molar-refractivity contribution in [1.29, 1.82) is 0 Å². The van der Waals surface area contributed by atoms with Crippen LogP contribution in [-0.2, 0) is 12.8 Å². The van der Waals surface area contributed by atoms with E-state index in [2.05, 4.69) is 27.7 Å². The zero-order valence-electron chi connectivity index (χ0n) is 12.6. The molecule has 23 heavy (non-hydrogen) atoms. The molecule has 0 bridgehead atoms. The Kier molecular flexibility index (Phi) is 3.98. The highest BCUT2D eigenvalue weighted by Crippen LogP contribution is 2.43. The summed E-state index contributed by atoms with van der Waals surface area (Å²) in [5.74, 6) is 0.339. The molecule has 0 aliphatic heterocycles. The largest absolute Gasteiger partial charge is 0.327 e. The number of halogens is 2. The van der Waals surface area contributed by atoms with Gasteiger partial charge in [-0.15, -0.1) is 0 Å². The quantitative estimate of drug-likeness (QED) is 0.726. The number of aromatic nitrogens is 2. The molecule has 0 spiro atoms. The normalized spacial score (nSPS) is 20.4. The second kappa shape index (κ2) is 5.86. The summed E-state index contributed by atoms with van der Waals surface area (Å²) in [7, 11) is 0. The van der Waals surface area contributed by atoms with Crippen LogP contribution in [0.1, 0.15) is 52.4 Å². The van der Waals surface area contributed by atoms with E-state index < -0.39 is 0 Å². The van der Waals surface area contributed by atoms with Gasteiger partial charge in [0.05, 0.1) is 16.3 Å². The first kappa shape index (κ1) is 15.6. The molecule has 1 fully saturated rings. The highest BCUT2D eigenvalue weighted by atomic mass is 127. The van der Waals surface area contributed by atoms with Gasteiger partial charge < -0.3 is 5.73 Å². The van der Waals surface area contributed by atoms with Gasteiger partial charge in [-0.3, -0.25) is 4.79 Å². The molecule has 4 nitrogen and oxygen atoms in total. The molecular formula is C17H17ClIN3O. The highest BCUT2D eigenvalue weighted by Gasteiger charge is 2.32. The summed E-state index contributed by atoms with van der Waals surface area (Å²) in [6, 6.07) is 5.82. The Labute approximate surface area is 153 Å². The third-order valence-corrected chi connectivity index (χ3v) is 5.91. The van der Waals surface area contributed by atoms with Gasteiger partial charge in [-0.25, -0.2) is 0 Å². The molecule has 6 heteroatoms. The molecule has 1 saturated carbocycles. The maximum atomic E-state index is 13.2. The zero-order chi connectivity index (χ0) is 16.1. The lowest BCUT2D eigenvalue weighted by Crippen LogP contribution is -2.30. The van der Waals surface area contributed by atoms with Crippen molar-refractivity contribution >= 4 is 40.1 Å². The van der Waals surface area contributed by atoms with E-state index in [1.165, 1.54) is 5.56 Å². The predicted octanol–water partition coefficient (Wildman–Crippen LogP) is 3.52. The number of nitrogens with two attached hydrogens (primary N) is 1. The minimum absolute atomic E-state index is 0.0932. The number of rotatable bonds is 2. The molecule has 0 saturated heterocycles. The summed E-state index contributed by atoms with van der Waals surface area (Å²) < 4.78 is 2.45. The van der Waals surface area contributed by atoms with Crippen LogP contribution in [0.4, 0.5) is 0 Å². The van der Waals surface area contributed by atoms with Crippen molar-refractivity contribution in [3.63, 3.8) is 0 Å². The first-order valence-corrected chi connectivity index (χ1v) is 9.37. The van der Waals surface area contributed by atoms with Crippen LogP contribution in [0.15, 0.2) is 18.2 Å². The van der Waals surface area contributed by atoms with Gasteiger partial charge in [-0.2, -0.15) is 9.78 Å². The number of carbonyl (C=O) groups is 1. The Bertz CT molecular complexity index is 797. The molecule has 2 aromatic rings. The topological polar surface area (TPSA) is 60.9 Å². The number of nitrogens with zero attached hydrogens (tertiary/aromatic N) is 2. The van der Waals surface area contributed by atoms with Crippen LogP contribution < -0.4 is 5.73 Å². The van der Waals surface area contributed by atoms with E-state index in [0.717, 1.165) is 40.6 Å². The molecule has 0 amide bonds. The fourth-order valence-corrected chi connectivity index (χ4v) is 4.43. The number of benzene rings is 1. The third-order valence-electron chi connectivity index (χ3n) is 4.73. The van der Waals surface area contributed by atoms with Gasteiger partial charge in [0.2, 0.25) is 0 Å². The summed E-state index contributed by atoms with van der Waals surface area (Å²) >= 11 is 8.59. The summed E-state index contributed by atoms with van der Waals surface area (Å²) in [4.78, 5) is 13.2. The van der Waals surface area contributed by atoms with E-state index in [9.17, 15) is 4.79 Å². The molecule has 0 radical (unpaired) electrons. The predicted molar refractivity (Wildman–Crippen MR) is 98.1 cm³/mol. The van der Waals surface area contributed by atoms with Crippen LogP contribution in [0.25, 0.3) is 0 Å². The monoisotopic (exact) mass is 441 g/mol. The van der Waals surface area contributed by atoms with E-state index in [1.54, 1.807) is 10.7 Å². The summed E-state index contributed by atoms with van der Waals surface area (Å²) in [6.07, 6.45) is 4.78. The Hall–Kier alpha value is -0.920. The Balaban J connectivity index is 1.82. The van der Waals surface area contributed by atoms with E-state index >= 15 is 0 Å². The van der Waals surface area contributed by atoms with Gasteiger partial charge >= 0.3 is 0 Å². The second-order valence-electron chi connectivity index (χ2n) is 6.41. The van der Waals surface area contributed by atoms with Gasteiger partial charge in [0.1, 0.15) is 3.70 Å². The average molecular weight is 442 g/mol. The lowest BCUT2D eigenvalue weighted by atomic mass is 9.94. The summed E-state index contributed by atoms with van der Waals surface area (Å²) in [5.41, 5.74) is 9.90. The standard InChI is InChI=1S/C17H17ClIN3O/c18-13-3-1-2-11(9-4-5-9)15(13)17(23)22-14-8-10(20)6-7-12(14)16(19)21-22/h1-3,9-10H,4-8,20H2. The van der Waals surface area contributed by atoms with E-state index in [-0.39, 0.29) is 11.9 Å². The molecule has 2 aliphatic rings. The van der Waals surface area contributed by atoms with Gasteiger partial charge in [-0.1, -0.05) is 23.7 Å². The van der Waals surface area contributed by atoms with Crippen molar-refractivity contribution in [3.8, 4) is 0 Å². The lowest BCUT2D eigenvalue weighted by Gasteiger charge is -2.20. The third kappa shape index (κ3) is 2.72. The first-order chi connectivity index (χ1) is 11.1. The molecule has 120 valence electrons. The summed E-state index contributed by atoms with van der Waals surface area (Å²) in [6.45, 7) is 0. The van der Waals surface area contributed by atoms with Gasteiger partial charge in [-0.05, 0) is 65.8 Å². The van der Waals surface area contributed by atoms with Crippen LogP contribution in [0, 0.1) is 3.70 Å². The van der Waals surface area contributed by atoms with E-state index in [0.29, 0.717) is 22.9 Å². The van der Waals surface area contributed by atoms with Gasteiger partial charge in [0.15, 0.2) is 0 Å². The molecule has 1 atom stereocenters. The Morgan fingerprint density at radius 2 is 2.13 bits per heavy atom. The molecule has 1 aromatic heterocycles. The first-order valence-electron chi connectivity index (χ1n) is 7.91. The number of hydrogen-bond acceptors (Lipinski definition) is 3. The molecule has 2 N–H and O–H groups in total. The van der Waals surface area contributed by atoms with Gasteiger partial charge in [0.25, 0.3) is 5.91 Å². The van der Waals surface area contributed by atoms with E-state index in [1.807, 2.05) is 12.1 Å². The van der Waals surface area contributed by atoms with Crippen molar-refractivity contribution in [1.82, 2.24) is 9.78 Å². The van der Waals surface area contributed by atoms with Crippen molar-refractivity contribution in [3.05, 3.63) is 49.3 Å². The highest BCUT2D eigenvalue weighted by molar-refractivity contribution is 14.1. The molecular weight excluding hydrogens is 425 g/mol. The fraction of sp³-hybridized carbons (Fsp3) is 0.412. The molecule has 2 aliphatic carbocycles. The van der Waals surface area contributed by atoms with Crippen LogP contribution >= 0.6 is 34.2 Å². The van der Waals surface area contributed by atoms with Crippen LogP contribution in [-0.4, -0.2) is 21.7 Å². The smallest absolute Gasteiger partial charge is 0.280 e. The van der Waals surface area contributed by atoms with Gasteiger partial charge in [0, 0.05) is 18.0 Å². The van der Waals surface area contributed by atoms with Crippen LogP contribution in [0.3, 0.4) is 0 Å². The molecule has 4 rings (SSSR count). The maximum absolute atomic E-state index is 13.2. The Morgan fingerprint density at radius 1 is 1.35 bits per heavy atom. The van der Waals surface area contributed by atoms with Crippen molar-refractivity contribution in [2.45, 2.75) is 44.1 Å². The van der Waals surface area contributed by atoms with Crippen molar-refractivity contribution in [2.24, 2.45) is 5.73 Å². The second-order valence-corrected chi connectivity index (χ2v) is 7.84. The molecule has 1 heterocycles. The SMILES string of the molecule is NC1CCc2c(I)nn(C(=O)c3c(Cl)cccc3C3CC3)c2C1. The zero-order valence-corrected chi connectivity index (χ0v) is 15.5. The van der Waals surface area contributed by atoms with Crippen molar-refractivity contribution < 1.29 is 4.79 Å². The van der Waals surface area contributed by atoms with E-state index in [4.69, 9.17) is 17.3 Å². The number of hydrogen-bond donors (Lipinski definition) is 1.